The molecule has 0 unspecified atom stereocenters. The zero-order valence-corrected chi connectivity index (χ0v) is 8.14. The van der Waals surface area contributed by atoms with Crippen molar-refractivity contribution in [3.8, 4) is 11.4 Å². The summed E-state index contributed by atoms with van der Waals surface area (Å²) in [5.41, 5.74) is 0.500. The van der Waals surface area contributed by atoms with Crippen LogP contribution in [0.5, 0.6) is 0 Å². The number of benzene rings is 1. The fourth-order valence-corrected chi connectivity index (χ4v) is 1.26. The van der Waals surface area contributed by atoms with E-state index in [-0.39, 0.29) is 11.4 Å². The molecule has 2 rings (SSSR count). The third-order valence-corrected chi connectivity index (χ3v) is 2.00. The summed E-state index contributed by atoms with van der Waals surface area (Å²) in [6.45, 7) is -2.69. The minimum Gasteiger partial charge on any atom is -0.295 e. The number of carbonyl (C=O) groups is 1. The zero-order chi connectivity index (χ0) is 14.0. The molecular formula is C12H9FN2O. The van der Waals surface area contributed by atoms with E-state index in [9.17, 15) is 9.18 Å². The summed E-state index contributed by atoms with van der Waals surface area (Å²) in [5, 5.41) is 0. The Hall–Kier alpha value is -2.10. The number of hydrogen-bond acceptors (Lipinski definition) is 3. The Kier molecular flexibility index (Phi) is 1.89. The highest BCUT2D eigenvalue weighted by Gasteiger charge is 2.04. The average molecular weight is 219 g/mol. The molecule has 0 N–H and O–H groups in total. The van der Waals surface area contributed by atoms with E-state index in [0.29, 0.717) is 5.56 Å². The van der Waals surface area contributed by atoms with Gasteiger partial charge >= 0.3 is 0 Å². The van der Waals surface area contributed by atoms with Crippen molar-refractivity contribution < 1.29 is 13.3 Å². The predicted molar refractivity (Wildman–Crippen MR) is 57.4 cm³/mol. The maximum absolute atomic E-state index is 12.7. The molecule has 0 aliphatic carbocycles. The summed E-state index contributed by atoms with van der Waals surface area (Å²) in [5.74, 6) is -1.29. The quantitative estimate of drug-likeness (QED) is 0.729. The van der Waals surface area contributed by atoms with Crippen LogP contribution in [0.4, 0.5) is 4.39 Å². The molecule has 4 heteroatoms. The van der Waals surface area contributed by atoms with Gasteiger partial charge in [0.15, 0.2) is 17.4 Å². The maximum Gasteiger partial charge on any atom is 0.159 e. The van der Waals surface area contributed by atoms with Gasteiger partial charge in [0.1, 0.15) is 0 Å². The molecule has 0 spiro atoms. The number of carbonyl (C=O) groups excluding carboxylic acids is 1. The molecule has 1 aromatic carbocycles. The maximum atomic E-state index is 12.7. The van der Waals surface area contributed by atoms with Crippen molar-refractivity contribution in [3.05, 3.63) is 48.0 Å². The van der Waals surface area contributed by atoms with Gasteiger partial charge in [-0.1, -0.05) is 18.2 Å². The molecule has 0 bridgehead atoms. The van der Waals surface area contributed by atoms with E-state index in [4.69, 9.17) is 4.11 Å². The van der Waals surface area contributed by atoms with Crippen LogP contribution in [-0.2, 0) is 0 Å². The smallest absolute Gasteiger partial charge is 0.159 e. The largest absolute Gasteiger partial charge is 0.295 e. The molecule has 0 atom stereocenters. The molecule has 2 aromatic rings. The van der Waals surface area contributed by atoms with Gasteiger partial charge in [0.2, 0.25) is 0 Å². The molecule has 0 saturated heterocycles. The van der Waals surface area contributed by atoms with Crippen molar-refractivity contribution in [1.29, 1.82) is 0 Å². The van der Waals surface area contributed by atoms with Crippen molar-refractivity contribution in [2.45, 2.75) is 6.85 Å². The Morgan fingerprint density at radius 1 is 1.38 bits per heavy atom. The van der Waals surface area contributed by atoms with Crippen molar-refractivity contribution in [3.63, 3.8) is 0 Å². The number of rotatable bonds is 2. The number of Topliss-reactive ketones (excluding diaryl/α,β-unsaturated/α-hetero) is 1. The van der Waals surface area contributed by atoms with Crippen LogP contribution in [0.1, 0.15) is 21.3 Å². The second-order valence-corrected chi connectivity index (χ2v) is 3.13. The van der Waals surface area contributed by atoms with E-state index in [1.54, 1.807) is 6.07 Å². The fourth-order valence-electron chi connectivity index (χ4n) is 1.26. The Bertz CT molecular complexity index is 611. The summed E-state index contributed by atoms with van der Waals surface area (Å²) < 4.78 is 34.0. The van der Waals surface area contributed by atoms with Gasteiger partial charge in [0.25, 0.3) is 0 Å². The first kappa shape index (κ1) is 7.22. The first-order valence-corrected chi connectivity index (χ1v) is 4.51. The summed E-state index contributed by atoms with van der Waals surface area (Å²) in [4.78, 5) is 19.2. The molecule has 0 saturated carbocycles. The van der Waals surface area contributed by atoms with Crippen LogP contribution in [0.15, 0.2) is 36.7 Å². The van der Waals surface area contributed by atoms with Crippen molar-refractivity contribution in [2.24, 2.45) is 0 Å². The standard InChI is InChI=1S/C12H9FN2O/c1-8(16)9-3-2-4-10(5-9)12-14-6-11(13)7-15-12/h2-7H,1H3/i1D3. The van der Waals surface area contributed by atoms with Crippen LogP contribution in [-0.4, -0.2) is 15.8 Å². The van der Waals surface area contributed by atoms with Crippen LogP contribution in [0, 0.1) is 5.82 Å². The lowest BCUT2D eigenvalue weighted by Crippen LogP contribution is -1.94. The highest BCUT2D eigenvalue weighted by Crippen LogP contribution is 2.16. The zero-order valence-electron chi connectivity index (χ0n) is 11.1. The van der Waals surface area contributed by atoms with Crippen molar-refractivity contribution in [1.82, 2.24) is 9.97 Å². The number of ketones is 1. The van der Waals surface area contributed by atoms with Gasteiger partial charge in [-0.2, -0.15) is 0 Å². The molecule has 16 heavy (non-hydrogen) atoms. The minimum atomic E-state index is -2.69. The lowest BCUT2D eigenvalue weighted by molar-refractivity contribution is 0.101. The third kappa shape index (κ3) is 2.11. The van der Waals surface area contributed by atoms with Crippen LogP contribution >= 0.6 is 0 Å². The lowest BCUT2D eigenvalue weighted by atomic mass is 10.1. The molecule has 1 aromatic heterocycles. The highest BCUT2D eigenvalue weighted by atomic mass is 19.1. The van der Waals surface area contributed by atoms with Crippen LogP contribution in [0.3, 0.4) is 0 Å². The van der Waals surface area contributed by atoms with Gasteiger partial charge < -0.3 is 0 Å². The second-order valence-electron chi connectivity index (χ2n) is 3.13. The number of nitrogens with zero attached hydrogens (tertiary/aromatic N) is 2. The minimum absolute atomic E-state index is 0.0467. The van der Waals surface area contributed by atoms with Gasteiger partial charge in [-0.3, -0.25) is 4.79 Å². The Labute approximate surface area is 96.2 Å². The summed E-state index contributed by atoms with van der Waals surface area (Å²) in [7, 11) is 0. The van der Waals surface area contributed by atoms with E-state index in [1.807, 2.05) is 0 Å². The van der Waals surface area contributed by atoms with Crippen LogP contribution < -0.4 is 0 Å². The van der Waals surface area contributed by atoms with Gasteiger partial charge in [0, 0.05) is 15.2 Å². The number of halogens is 1. The molecule has 1 heterocycles. The van der Waals surface area contributed by atoms with E-state index in [0.717, 1.165) is 12.4 Å². The monoisotopic (exact) mass is 219 g/mol. The molecule has 0 aliphatic heterocycles. The first-order chi connectivity index (χ1) is 8.88. The fraction of sp³-hybridized carbons (Fsp3) is 0.0833. The topological polar surface area (TPSA) is 42.9 Å². The van der Waals surface area contributed by atoms with E-state index in [1.165, 1.54) is 18.2 Å². The molecule has 3 nitrogen and oxygen atoms in total. The second kappa shape index (κ2) is 4.18. The Balaban J connectivity index is 2.40. The summed E-state index contributed by atoms with van der Waals surface area (Å²) in [6, 6.07) is 5.92. The van der Waals surface area contributed by atoms with E-state index >= 15 is 0 Å². The van der Waals surface area contributed by atoms with Gasteiger partial charge in [-0.25, -0.2) is 14.4 Å². The van der Waals surface area contributed by atoms with Crippen LogP contribution in [0.2, 0.25) is 0 Å². The average Bonchev–Trinajstić information content (AvgIpc) is 2.38. The SMILES string of the molecule is [2H]C([2H])([2H])C(=O)c1cccc(-c2ncc(F)cn2)c1. The molecule has 80 valence electrons. The molecule has 0 fully saturated rings. The normalized spacial score (nSPS) is 13.7. The van der Waals surface area contributed by atoms with E-state index in [2.05, 4.69) is 9.97 Å². The van der Waals surface area contributed by atoms with Gasteiger partial charge in [-0.15, -0.1) is 0 Å². The lowest BCUT2D eigenvalue weighted by Gasteiger charge is -2.01. The van der Waals surface area contributed by atoms with Gasteiger partial charge in [-0.05, 0) is 12.9 Å². The predicted octanol–water partition coefficient (Wildman–Crippen LogP) is 2.49. The highest BCUT2D eigenvalue weighted by molar-refractivity contribution is 5.95. The summed E-state index contributed by atoms with van der Waals surface area (Å²) >= 11 is 0. The molecular weight excluding hydrogens is 207 g/mol. The molecule has 0 radical (unpaired) electrons. The van der Waals surface area contributed by atoms with Gasteiger partial charge in [0.05, 0.1) is 12.4 Å². The first-order valence-electron chi connectivity index (χ1n) is 6.01. The summed E-state index contributed by atoms with van der Waals surface area (Å²) in [6.07, 6.45) is 2.00. The Morgan fingerprint density at radius 2 is 2.12 bits per heavy atom. The number of hydrogen-bond donors (Lipinski definition) is 0. The molecule has 0 aliphatic rings. The van der Waals surface area contributed by atoms with Crippen molar-refractivity contribution >= 4 is 5.78 Å². The van der Waals surface area contributed by atoms with Crippen LogP contribution in [0.25, 0.3) is 11.4 Å². The third-order valence-electron chi connectivity index (χ3n) is 2.00. The Morgan fingerprint density at radius 3 is 2.81 bits per heavy atom. The van der Waals surface area contributed by atoms with Crippen molar-refractivity contribution in [2.75, 3.05) is 0 Å². The number of aromatic nitrogens is 2. The van der Waals surface area contributed by atoms with E-state index < -0.39 is 18.5 Å². The molecule has 0 amide bonds.